The maximum Gasteiger partial charge on any atom is 0.211 e. The number of unbranched alkanes of at least 4 members (excludes halogenated alkanes) is 14. The van der Waals surface area contributed by atoms with E-state index in [1.807, 2.05) is 0 Å². The number of alkyl halides is 1. The van der Waals surface area contributed by atoms with Gasteiger partial charge >= 0.3 is 0 Å². The quantitative estimate of drug-likeness (QED) is 0.138. The van der Waals surface area contributed by atoms with Crippen LogP contribution in [0.5, 0.6) is 0 Å². The van der Waals surface area contributed by atoms with E-state index in [9.17, 15) is 0 Å². The van der Waals surface area contributed by atoms with Crippen LogP contribution in [0.4, 0.5) is 0 Å². The number of halogens is 1. The number of nitrogens with zero attached hydrogens (tertiary/aromatic N) is 1. The highest BCUT2D eigenvalue weighted by Crippen LogP contribution is 2.18. The number of pyridine rings is 1. The smallest absolute Gasteiger partial charge is 0.192 e. The van der Waals surface area contributed by atoms with Crippen molar-refractivity contribution in [1.29, 1.82) is 0 Å². The lowest BCUT2D eigenvalue weighted by atomic mass is 10.0. The first-order valence-electron chi connectivity index (χ1n) is 10.9. The third kappa shape index (κ3) is 13.5. The Labute approximate surface area is 165 Å². The highest BCUT2D eigenvalue weighted by Gasteiger charge is 2.11. The minimum atomic E-state index is 0.454. The van der Waals surface area contributed by atoms with Crippen LogP contribution in [0.15, 0.2) is 30.6 Å². The summed E-state index contributed by atoms with van der Waals surface area (Å²) in [6, 6.07) is 6.27. The number of aromatic nitrogens is 1. The summed E-state index contributed by atoms with van der Waals surface area (Å²) in [6.45, 7) is 2.29. The molecule has 144 valence electrons. The van der Waals surface area contributed by atoms with E-state index in [1.54, 1.807) is 0 Å². The van der Waals surface area contributed by atoms with Gasteiger partial charge in [0.1, 0.15) is 0 Å². The molecule has 1 rings (SSSR count). The van der Waals surface area contributed by atoms with Crippen LogP contribution >= 0.6 is 15.9 Å². The van der Waals surface area contributed by atoms with Crippen molar-refractivity contribution in [3.63, 3.8) is 0 Å². The van der Waals surface area contributed by atoms with Gasteiger partial charge in [0, 0.05) is 18.6 Å². The van der Waals surface area contributed by atoms with Gasteiger partial charge in [0.15, 0.2) is 12.4 Å². The van der Waals surface area contributed by atoms with E-state index in [-0.39, 0.29) is 0 Å². The van der Waals surface area contributed by atoms with E-state index in [1.165, 1.54) is 103 Å². The fraction of sp³-hybridized carbons (Fsp3) is 0.783. The maximum absolute atomic E-state index is 3.79. The van der Waals surface area contributed by atoms with E-state index in [0.29, 0.717) is 4.95 Å². The molecule has 0 radical (unpaired) electrons. The molecule has 1 heterocycles. The van der Waals surface area contributed by atoms with E-state index in [0.717, 1.165) is 0 Å². The summed E-state index contributed by atoms with van der Waals surface area (Å²) in [4.78, 5) is 0.454. The van der Waals surface area contributed by atoms with E-state index in [4.69, 9.17) is 0 Å². The molecule has 0 aromatic carbocycles. The molecule has 0 saturated heterocycles. The summed E-state index contributed by atoms with van der Waals surface area (Å²) in [5.41, 5.74) is 0. The predicted octanol–water partition coefficient (Wildman–Crippen LogP) is 8.13. The van der Waals surface area contributed by atoms with Crippen molar-refractivity contribution in [2.45, 2.75) is 115 Å². The standard InChI is InChI=1S/C23H41BrN/c1-2-3-4-5-6-7-8-9-10-11-12-13-14-15-17-20-23(24)25-21-18-16-19-22-25/h16,18-19,21-23H,2-15,17,20H2,1H3/q+1. The second-order valence-electron chi connectivity index (χ2n) is 7.50. The van der Waals surface area contributed by atoms with Crippen molar-refractivity contribution in [1.82, 2.24) is 0 Å². The molecular weight excluding hydrogens is 370 g/mol. The summed E-state index contributed by atoms with van der Waals surface area (Å²) in [5.74, 6) is 0. The van der Waals surface area contributed by atoms with Crippen LogP contribution in [-0.4, -0.2) is 0 Å². The number of hydrogen-bond donors (Lipinski definition) is 0. The summed E-state index contributed by atoms with van der Waals surface area (Å²) in [6.07, 6.45) is 27.0. The van der Waals surface area contributed by atoms with Gasteiger partial charge in [0.25, 0.3) is 0 Å². The van der Waals surface area contributed by atoms with Gasteiger partial charge in [-0.1, -0.05) is 103 Å². The third-order valence-electron chi connectivity index (χ3n) is 5.11. The van der Waals surface area contributed by atoms with Crippen LogP contribution in [0.25, 0.3) is 0 Å². The monoisotopic (exact) mass is 410 g/mol. The van der Waals surface area contributed by atoms with Gasteiger partial charge in [0.2, 0.25) is 4.95 Å². The first-order chi connectivity index (χ1) is 12.3. The molecule has 1 atom stereocenters. The fourth-order valence-electron chi connectivity index (χ4n) is 3.43. The molecule has 0 amide bonds. The molecule has 0 fully saturated rings. The van der Waals surface area contributed by atoms with Gasteiger partial charge in [-0.05, 0) is 22.4 Å². The van der Waals surface area contributed by atoms with Crippen molar-refractivity contribution in [2.75, 3.05) is 0 Å². The number of hydrogen-bond acceptors (Lipinski definition) is 0. The normalized spacial score (nSPS) is 12.4. The highest BCUT2D eigenvalue weighted by atomic mass is 79.9. The fourth-order valence-corrected chi connectivity index (χ4v) is 4.03. The molecule has 25 heavy (non-hydrogen) atoms. The average molecular weight is 411 g/mol. The second kappa shape index (κ2) is 17.1. The van der Waals surface area contributed by atoms with Crippen LogP contribution in [0.2, 0.25) is 0 Å². The molecule has 0 N–H and O–H groups in total. The van der Waals surface area contributed by atoms with Gasteiger partial charge in [0.05, 0.1) is 0 Å². The zero-order chi connectivity index (χ0) is 18.0. The Hall–Kier alpha value is -0.370. The zero-order valence-electron chi connectivity index (χ0n) is 16.6. The molecule has 1 unspecified atom stereocenters. The van der Waals surface area contributed by atoms with Crippen molar-refractivity contribution in [3.05, 3.63) is 30.6 Å². The largest absolute Gasteiger partial charge is 0.211 e. The van der Waals surface area contributed by atoms with Crippen molar-refractivity contribution in [2.24, 2.45) is 0 Å². The molecule has 0 aliphatic heterocycles. The molecule has 0 spiro atoms. The van der Waals surface area contributed by atoms with Crippen LogP contribution < -0.4 is 4.57 Å². The van der Waals surface area contributed by atoms with Gasteiger partial charge in [-0.15, -0.1) is 0 Å². The minimum Gasteiger partial charge on any atom is -0.192 e. The van der Waals surface area contributed by atoms with Gasteiger partial charge in [-0.2, -0.15) is 4.57 Å². The SMILES string of the molecule is CCCCCCCCCCCCCCCCCC(Br)[n+]1ccccc1. The second-order valence-corrected chi connectivity index (χ2v) is 8.55. The van der Waals surface area contributed by atoms with E-state index >= 15 is 0 Å². The Balaban J connectivity index is 1.77. The molecule has 1 nitrogen and oxygen atoms in total. The predicted molar refractivity (Wildman–Crippen MR) is 114 cm³/mol. The van der Waals surface area contributed by atoms with Gasteiger partial charge in [-0.3, -0.25) is 0 Å². The summed E-state index contributed by atoms with van der Waals surface area (Å²) >= 11 is 3.79. The van der Waals surface area contributed by atoms with Crippen LogP contribution in [0.3, 0.4) is 0 Å². The summed E-state index contributed by atoms with van der Waals surface area (Å²) in [7, 11) is 0. The molecule has 2 heteroatoms. The first-order valence-corrected chi connectivity index (χ1v) is 11.9. The third-order valence-corrected chi connectivity index (χ3v) is 6.04. The molecule has 1 aromatic rings. The lowest BCUT2D eigenvalue weighted by Crippen LogP contribution is -2.34. The topological polar surface area (TPSA) is 3.88 Å². The lowest BCUT2D eigenvalue weighted by Gasteiger charge is -2.05. The molecule has 0 saturated carbocycles. The van der Waals surface area contributed by atoms with Crippen molar-refractivity contribution < 1.29 is 4.57 Å². The maximum atomic E-state index is 3.79. The minimum absolute atomic E-state index is 0.454. The Morgan fingerprint density at radius 2 is 1.00 bits per heavy atom. The van der Waals surface area contributed by atoms with Crippen molar-refractivity contribution >= 4 is 15.9 Å². The zero-order valence-corrected chi connectivity index (χ0v) is 18.2. The Morgan fingerprint density at radius 3 is 1.44 bits per heavy atom. The van der Waals surface area contributed by atoms with E-state index < -0.39 is 0 Å². The summed E-state index contributed by atoms with van der Waals surface area (Å²) < 4.78 is 2.25. The highest BCUT2D eigenvalue weighted by molar-refractivity contribution is 9.09. The molecule has 1 aromatic heterocycles. The Morgan fingerprint density at radius 1 is 0.600 bits per heavy atom. The molecule has 0 bridgehead atoms. The van der Waals surface area contributed by atoms with Gasteiger partial charge < -0.3 is 0 Å². The first kappa shape index (κ1) is 22.7. The Kier molecular flexibility index (Phi) is 15.5. The van der Waals surface area contributed by atoms with Crippen LogP contribution in [-0.2, 0) is 0 Å². The number of rotatable bonds is 17. The van der Waals surface area contributed by atoms with Gasteiger partial charge in [-0.25, -0.2) is 0 Å². The molecule has 0 aliphatic carbocycles. The molecular formula is C23H41BrN+. The molecule has 0 aliphatic rings. The average Bonchev–Trinajstić information content (AvgIpc) is 2.65. The van der Waals surface area contributed by atoms with Crippen LogP contribution in [0, 0.1) is 0 Å². The Bertz CT molecular complexity index is 379. The van der Waals surface area contributed by atoms with Crippen LogP contribution in [0.1, 0.15) is 115 Å². The van der Waals surface area contributed by atoms with Crippen molar-refractivity contribution in [3.8, 4) is 0 Å². The summed E-state index contributed by atoms with van der Waals surface area (Å²) in [5, 5.41) is 0. The lowest BCUT2D eigenvalue weighted by molar-refractivity contribution is -0.698. The van der Waals surface area contributed by atoms with E-state index in [2.05, 4.69) is 58.0 Å².